The Morgan fingerprint density at radius 1 is 0.495 bits per heavy atom. The highest BCUT2D eigenvalue weighted by Crippen LogP contribution is 2.43. The fraction of sp³-hybridized carbons (Fsp3) is 0.329. The van der Waals surface area contributed by atoms with Gasteiger partial charge in [0.15, 0.2) is 23.0 Å². The first-order valence-corrected chi connectivity index (χ1v) is 35.3. The summed E-state index contributed by atoms with van der Waals surface area (Å²) in [6.07, 6.45) is 1.72. The SMILES string of the molecule is COc1ccc(C(CCCNC(=O)c2cccs2)N2C(=O)c3cccc(N4CCN([C@H](C)c5ccccc5)CC4)c3C2=O)cc1OC.COc1ccc(C(CCCNS(=O)(=O)c2ccsc2)N2C(=O)c3cccc(N4CCN([C@H](C)c5ccccc5)CC4)c3C2=O)cc1OC. The number of methoxy groups -OCH3 is 4. The maximum Gasteiger partial charge on any atom is 0.264 e. The smallest absolute Gasteiger partial charge is 0.264 e. The predicted molar refractivity (Wildman–Crippen MR) is 370 cm³/mol. The van der Waals surface area contributed by atoms with Gasteiger partial charge in [-0.15, -0.1) is 11.3 Å². The summed E-state index contributed by atoms with van der Waals surface area (Å²) < 4.78 is 50.1. The van der Waals surface area contributed by atoms with Crippen LogP contribution in [0.2, 0.25) is 0 Å². The molecule has 0 saturated carbocycles. The van der Waals surface area contributed by atoms with Crippen molar-refractivity contribution in [2.45, 2.75) is 68.6 Å². The quantitative estimate of drug-likeness (QED) is 0.0404. The van der Waals surface area contributed by atoms with Crippen molar-refractivity contribution >= 4 is 73.6 Å². The van der Waals surface area contributed by atoms with E-state index in [4.69, 9.17) is 18.9 Å². The van der Waals surface area contributed by atoms with Crippen molar-refractivity contribution in [1.82, 2.24) is 29.6 Å². The van der Waals surface area contributed by atoms with E-state index in [2.05, 4.69) is 92.0 Å². The molecule has 2 aromatic heterocycles. The standard InChI is InChI=1S/C37H40N4O5S.C36H40N4O6S2/c1-25(26-10-5-4-6-11-26)39-19-21-40(22-20-39)30-13-7-12-28-34(30)37(44)41(36(28)43)29(27-16-17-31(45-2)32(24-27)46-3)14-8-18-38-35(42)33-15-9-23-47-33;1-25(26-9-5-4-6-10-26)38-18-20-39(21-19-38)31-12-7-11-29-34(31)36(42)40(35(29)41)30(27-14-15-32(45-2)33(23-27)46-3)13-8-17-37-48(43,44)28-16-22-47-24-28/h4-7,9-13,15-17,23-25,29H,8,14,18-22H2,1-3H3,(H,38,42);4-7,9-12,14-16,22-25,30,37H,8,13,17-21H2,1-3H3/t25-,29?;25-,30?/m11/s1. The number of fused-ring (bicyclic) bond motifs is 2. The van der Waals surface area contributed by atoms with E-state index < -0.39 is 22.1 Å². The van der Waals surface area contributed by atoms with Crippen LogP contribution in [0.4, 0.5) is 11.4 Å². The van der Waals surface area contributed by atoms with Crippen LogP contribution in [-0.2, 0) is 10.0 Å². The fourth-order valence-corrected chi connectivity index (χ4v) is 16.0. The molecule has 8 aromatic rings. The summed E-state index contributed by atoms with van der Waals surface area (Å²) in [7, 11) is 2.55. The molecule has 19 nitrogen and oxygen atoms in total. The molecule has 2 N–H and O–H groups in total. The van der Waals surface area contributed by atoms with Crippen molar-refractivity contribution in [2.75, 3.05) is 104 Å². The fourth-order valence-electron chi connectivity index (χ4n) is 13.2. The Bertz CT molecular complexity index is 4110. The molecule has 2 fully saturated rings. The molecule has 0 aliphatic carbocycles. The number of carbonyl (C=O) groups is 5. The van der Waals surface area contributed by atoms with Crippen LogP contribution < -0.4 is 38.8 Å². The first kappa shape index (κ1) is 67.5. The summed E-state index contributed by atoms with van der Waals surface area (Å²) >= 11 is 2.69. The van der Waals surface area contributed by atoms with E-state index in [-0.39, 0.29) is 53.1 Å². The van der Waals surface area contributed by atoms with Crippen molar-refractivity contribution in [1.29, 1.82) is 0 Å². The summed E-state index contributed by atoms with van der Waals surface area (Å²) in [5.41, 5.74) is 7.22. The Balaban J connectivity index is 0.000000193. The number of hydrogen-bond donors (Lipinski definition) is 2. The van der Waals surface area contributed by atoms with Crippen molar-refractivity contribution < 1.29 is 51.3 Å². The average Bonchev–Trinajstić information content (AvgIpc) is 1.61. The zero-order valence-corrected chi connectivity index (χ0v) is 56.7. The number of imide groups is 2. The molecule has 2 saturated heterocycles. The minimum Gasteiger partial charge on any atom is -0.493 e. The van der Waals surface area contributed by atoms with Crippen LogP contribution in [0, 0.1) is 0 Å². The van der Waals surface area contributed by atoms with Gasteiger partial charge in [0, 0.05) is 82.9 Å². The van der Waals surface area contributed by atoms with E-state index in [1.165, 1.54) is 50.7 Å². The Hall–Kier alpha value is -8.90. The number of sulfonamides is 1. The van der Waals surface area contributed by atoms with Gasteiger partial charge in [-0.1, -0.05) is 91.0 Å². The lowest BCUT2D eigenvalue weighted by molar-refractivity contribution is 0.0556. The molecule has 0 spiro atoms. The van der Waals surface area contributed by atoms with E-state index >= 15 is 0 Å². The van der Waals surface area contributed by atoms with Crippen LogP contribution in [0.25, 0.3) is 0 Å². The van der Waals surface area contributed by atoms with Crippen LogP contribution in [0.15, 0.2) is 173 Å². The van der Waals surface area contributed by atoms with Crippen molar-refractivity contribution in [3.8, 4) is 23.0 Å². The molecule has 496 valence electrons. The number of nitrogens with zero attached hydrogens (tertiary/aromatic N) is 6. The maximum atomic E-state index is 14.4. The van der Waals surface area contributed by atoms with E-state index in [9.17, 15) is 32.4 Å². The van der Waals surface area contributed by atoms with Crippen molar-refractivity contribution in [2.24, 2.45) is 0 Å². The number of thiophene rings is 2. The zero-order valence-electron chi connectivity index (χ0n) is 54.3. The molecule has 2 unspecified atom stereocenters. The second-order valence-corrected chi connectivity index (χ2v) is 27.2. The second-order valence-electron chi connectivity index (χ2n) is 23.7. The van der Waals surface area contributed by atoms with Gasteiger partial charge in [0.25, 0.3) is 29.5 Å². The minimum atomic E-state index is -3.66. The molecule has 12 rings (SSSR count). The van der Waals surface area contributed by atoms with Gasteiger partial charge >= 0.3 is 0 Å². The normalized spacial score (nSPS) is 16.4. The molecule has 5 amide bonds. The van der Waals surface area contributed by atoms with E-state index in [0.717, 1.165) is 69.3 Å². The average molecular weight is 1340 g/mol. The lowest BCUT2D eigenvalue weighted by atomic mass is 9.99. The third kappa shape index (κ3) is 14.7. The molecule has 95 heavy (non-hydrogen) atoms. The molecule has 0 radical (unpaired) electrons. The predicted octanol–water partition coefficient (Wildman–Crippen LogP) is 11.9. The van der Waals surface area contributed by atoms with E-state index in [1.54, 1.807) is 74.6 Å². The number of anilines is 2. The molecule has 4 aliphatic heterocycles. The summed E-state index contributed by atoms with van der Waals surface area (Å²) in [4.78, 5) is 82.4. The lowest BCUT2D eigenvalue weighted by Gasteiger charge is -2.39. The van der Waals surface area contributed by atoms with Gasteiger partial charge in [-0.25, -0.2) is 13.1 Å². The van der Waals surface area contributed by atoms with Crippen LogP contribution in [0.5, 0.6) is 23.0 Å². The van der Waals surface area contributed by atoms with Crippen LogP contribution in [-0.4, -0.2) is 151 Å². The van der Waals surface area contributed by atoms with Crippen LogP contribution >= 0.6 is 22.7 Å². The summed E-state index contributed by atoms with van der Waals surface area (Å²) in [6.45, 7) is 11.3. The van der Waals surface area contributed by atoms with Gasteiger partial charge in [-0.2, -0.15) is 11.3 Å². The van der Waals surface area contributed by atoms with Crippen molar-refractivity contribution in [3.05, 3.63) is 217 Å². The number of ether oxygens (including phenoxy) is 4. The van der Waals surface area contributed by atoms with Gasteiger partial charge < -0.3 is 34.1 Å². The van der Waals surface area contributed by atoms with Gasteiger partial charge in [0.2, 0.25) is 10.0 Å². The molecule has 6 aromatic carbocycles. The first-order chi connectivity index (χ1) is 46.1. The Kier molecular flexibility index (Phi) is 21.8. The molecule has 0 bridgehead atoms. The zero-order chi connectivity index (χ0) is 66.8. The molecule has 4 atom stereocenters. The first-order valence-electron chi connectivity index (χ1n) is 32.0. The molecular weight excluding hydrogens is 1260 g/mol. The third-order valence-electron chi connectivity index (χ3n) is 18.5. The van der Waals surface area contributed by atoms with Crippen LogP contribution in [0.1, 0.15) is 137 Å². The Morgan fingerprint density at radius 3 is 1.38 bits per heavy atom. The molecular formula is C73H80N8O11S3. The molecule has 4 aliphatic rings. The van der Waals surface area contributed by atoms with Gasteiger partial charge in [-0.3, -0.25) is 43.6 Å². The van der Waals surface area contributed by atoms with E-state index in [1.807, 2.05) is 66.0 Å². The lowest BCUT2D eigenvalue weighted by Crippen LogP contribution is -2.47. The van der Waals surface area contributed by atoms with Gasteiger partial charge in [0.1, 0.15) is 0 Å². The van der Waals surface area contributed by atoms with Crippen LogP contribution in [0.3, 0.4) is 0 Å². The molecule has 22 heteroatoms. The molecule has 6 heterocycles. The largest absolute Gasteiger partial charge is 0.493 e. The number of carbonyl (C=O) groups excluding carboxylic acids is 5. The van der Waals surface area contributed by atoms with Crippen molar-refractivity contribution in [3.63, 3.8) is 0 Å². The summed E-state index contributed by atoms with van der Waals surface area (Å²) in [5, 5.41) is 8.12. The monoisotopic (exact) mass is 1340 g/mol. The van der Waals surface area contributed by atoms with Gasteiger partial charge in [-0.05, 0) is 133 Å². The topological polar surface area (TPSA) is 200 Å². The highest BCUT2D eigenvalue weighted by Gasteiger charge is 2.45. The number of piperazine rings is 2. The Morgan fingerprint density at radius 2 is 0.958 bits per heavy atom. The number of nitrogens with one attached hydrogen (secondary N) is 2. The highest BCUT2D eigenvalue weighted by molar-refractivity contribution is 7.89. The van der Waals surface area contributed by atoms with Gasteiger partial charge in [0.05, 0.1) is 83.9 Å². The summed E-state index contributed by atoms with van der Waals surface area (Å²) in [5.74, 6) is 0.590. The number of amides is 5. The highest BCUT2D eigenvalue weighted by atomic mass is 32.2. The Labute approximate surface area is 563 Å². The minimum absolute atomic E-state index is 0.133. The van der Waals surface area contributed by atoms with E-state index in [0.29, 0.717) is 87.9 Å². The number of rotatable bonds is 25. The maximum absolute atomic E-state index is 14.4. The number of hydrogen-bond acceptors (Lipinski definition) is 17. The number of benzene rings is 6. The summed E-state index contributed by atoms with van der Waals surface area (Å²) in [6, 6.07) is 47.3. The third-order valence-corrected chi connectivity index (χ3v) is 21.6. The second kappa shape index (κ2) is 30.7.